The minimum atomic E-state index is -1.23. The van der Waals surface area contributed by atoms with Gasteiger partial charge in [0, 0.05) is 12.3 Å². The Bertz CT molecular complexity index is 951. The highest BCUT2D eigenvalue weighted by Gasteiger charge is 2.16. The number of hydrogen-bond acceptors (Lipinski definition) is 5. The van der Waals surface area contributed by atoms with Gasteiger partial charge >= 0.3 is 11.9 Å². The van der Waals surface area contributed by atoms with Crippen LogP contribution in [0.2, 0.25) is 0 Å². The molecule has 2 heterocycles. The van der Waals surface area contributed by atoms with Gasteiger partial charge in [0.1, 0.15) is 5.82 Å². The summed E-state index contributed by atoms with van der Waals surface area (Å²) in [4.78, 5) is 26.8. The molecule has 8 heteroatoms. The summed E-state index contributed by atoms with van der Waals surface area (Å²) in [5.74, 6) is -1.34. The van der Waals surface area contributed by atoms with Gasteiger partial charge < -0.3 is 15.5 Å². The standard InChI is InChI=1S/C17H14N4O4/c1-10-8-15(21(20-10)14-4-2-3-7-18-14)19-13-6-5-11(16(22)23)9-12(13)17(24)25/h2-9,19H,1H3,(H,22,23)(H,24,25). The van der Waals surface area contributed by atoms with Gasteiger partial charge in [-0.3, -0.25) is 0 Å². The molecule has 3 aromatic rings. The third-order valence-electron chi connectivity index (χ3n) is 3.46. The first-order chi connectivity index (χ1) is 12.0. The van der Waals surface area contributed by atoms with Crippen LogP contribution in [0, 0.1) is 6.92 Å². The first-order valence-corrected chi connectivity index (χ1v) is 7.31. The summed E-state index contributed by atoms with van der Waals surface area (Å²) in [6, 6.07) is 11.0. The van der Waals surface area contributed by atoms with Crippen molar-refractivity contribution in [1.29, 1.82) is 0 Å². The second-order valence-corrected chi connectivity index (χ2v) is 5.27. The third-order valence-corrected chi connectivity index (χ3v) is 3.46. The van der Waals surface area contributed by atoms with Gasteiger partial charge in [0.25, 0.3) is 0 Å². The second-order valence-electron chi connectivity index (χ2n) is 5.27. The van der Waals surface area contributed by atoms with Crippen molar-refractivity contribution in [3.8, 4) is 5.82 Å². The quantitative estimate of drug-likeness (QED) is 0.654. The lowest BCUT2D eigenvalue weighted by Crippen LogP contribution is -2.09. The molecular weight excluding hydrogens is 324 g/mol. The van der Waals surface area contributed by atoms with Gasteiger partial charge in [-0.25, -0.2) is 14.6 Å². The largest absolute Gasteiger partial charge is 0.478 e. The van der Waals surface area contributed by atoms with Crippen molar-refractivity contribution >= 4 is 23.4 Å². The first kappa shape index (κ1) is 16.2. The number of pyridine rings is 1. The average Bonchev–Trinajstić information content (AvgIpc) is 2.96. The van der Waals surface area contributed by atoms with Gasteiger partial charge in [0.05, 0.1) is 22.5 Å². The van der Waals surface area contributed by atoms with Gasteiger partial charge in [-0.05, 0) is 37.3 Å². The second kappa shape index (κ2) is 6.44. The zero-order chi connectivity index (χ0) is 18.0. The van der Waals surface area contributed by atoms with E-state index in [9.17, 15) is 14.7 Å². The number of aromatic carboxylic acids is 2. The highest BCUT2D eigenvalue weighted by Crippen LogP contribution is 2.24. The van der Waals surface area contributed by atoms with Crippen molar-refractivity contribution in [3.63, 3.8) is 0 Å². The predicted molar refractivity (Wildman–Crippen MR) is 89.7 cm³/mol. The molecule has 0 unspecified atom stereocenters. The third kappa shape index (κ3) is 3.32. The zero-order valence-electron chi connectivity index (χ0n) is 13.2. The summed E-state index contributed by atoms with van der Waals surface area (Å²) in [6.45, 7) is 1.80. The van der Waals surface area contributed by atoms with Crippen LogP contribution in [-0.2, 0) is 0 Å². The monoisotopic (exact) mass is 338 g/mol. The first-order valence-electron chi connectivity index (χ1n) is 7.31. The molecule has 0 bridgehead atoms. The number of nitrogens with zero attached hydrogens (tertiary/aromatic N) is 3. The molecule has 0 aliphatic rings. The Hall–Kier alpha value is -3.68. The number of hydrogen-bond donors (Lipinski definition) is 3. The van der Waals surface area contributed by atoms with Crippen molar-refractivity contribution in [2.24, 2.45) is 0 Å². The lowest BCUT2D eigenvalue weighted by molar-refractivity contribution is 0.0696. The molecule has 2 aromatic heterocycles. The van der Waals surface area contributed by atoms with Crippen molar-refractivity contribution in [2.45, 2.75) is 6.92 Å². The number of aryl methyl sites for hydroxylation is 1. The number of aromatic nitrogens is 3. The Morgan fingerprint density at radius 2 is 1.88 bits per heavy atom. The van der Waals surface area contributed by atoms with Crippen molar-refractivity contribution in [3.05, 3.63) is 65.5 Å². The number of carboxylic acid groups (broad SMARTS) is 2. The van der Waals surface area contributed by atoms with E-state index in [4.69, 9.17) is 5.11 Å². The molecule has 0 aliphatic heterocycles. The Morgan fingerprint density at radius 3 is 2.52 bits per heavy atom. The minimum absolute atomic E-state index is 0.0997. The van der Waals surface area contributed by atoms with Crippen LogP contribution in [0.25, 0.3) is 5.82 Å². The van der Waals surface area contributed by atoms with Crippen LogP contribution in [0.3, 0.4) is 0 Å². The van der Waals surface area contributed by atoms with Gasteiger partial charge in [-0.15, -0.1) is 0 Å². The SMILES string of the molecule is Cc1cc(Nc2ccc(C(=O)O)cc2C(=O)O)n(-c2ccccn2)n1. The lowest BCUT2D eigenvalue weighted by Gasteiger charge is -2.12. The Morgan fingerprint density at radius 1 is 1.08 bits per heavy atom. The summed E-state index contributed by atoms with van der Waals surface area (Å²) >= 11 is 0. The van der Waals surface area contributed by atoms with Crippen molar-refractivity contribution in [1.82, 2.24) is 14.8 Å². The summed E-state index contributed by atoms with van der Waals surface area (Å²) in [7, 11) is 0. The van der Waals surface area contributed by atoms with Crippen LogP contribution in [0.5, 0.6) is 0 Å². The molecule has 0 aliphatic carbocycles. The number of carboxylic acids is 2. The highest BCUT2D eigenvalue weighted by molar-refractivity contribution is 5.99. The molecule has 0 fully saturated rings. The predicted octanol–water partition coefficient (Wildman–Crippen LogP) is 2.72. The van der Waals surface area contributed by atoms with Gasteiger partial charge in [-0.1, -0.05) is 6.07 Å². The van der Waals surface area contributed by atoms with Crippen LogP contribution < -0.4 is 5.32 Å². The van der Waals surface area contributed by atoms with E-state index in [1.54, 1.807) is 36.0 Å². The number of rotatable bonds is 5. The Kier molecular flexibility index (Phi) is 4.17. The van der Waals surface area contributed by atoms with Crippen LogP contribution in [0.15, 0.2) is 48.7 Å². The molecular formula is C17H14N4O4. The van der Waals surface area contributed by atoms with Gasteiger partial charge in [-0.2, -0.15) is 9.78 Å². The fourth-order valence-corrected chi connectivity index (χ4v) is 2.34. The maximum Gasteiger partial charge on any atom is 0.337 e. The van der Waals surface area contributed by atoms with E-state index in [1.807, 2.05) is 6.07 Å². The number of benzene rings is 1. The smallest absolute Gasteiger partial charge is 0.337 e. The van der Waals surface area contributed by atoms with E-state index < -0.39 is 11.9 Å². The van der Waals surface area contributed by atoms with Crippen LogP contribution in [0.1, 0.15) is 26.4 Å². The average molecular weight is 338 g/mol. The molecule has 0 amide bonds. The van der Waals surface area contributed by atoms with E-state index in [-0.39, 0.29) is 16.8 Å². The Balaban J connectivity index is 2.04. The normalized spacial score (nSPS) is 10.4. The molecule has 3 N–H and O–H groups in total. The molecule has 0 radical (unpaired) electrons. The van der Waals surface area contributed by atoms with E-state index in [0.29, 0.717) is 17.3 Å². The van der Waals surface area contributed by atoms with Gasteiger partial charge in [0.15, 0.2) is 5.82 Å². The molecule has 25 heavy (non-hydrogen) atoms. The molecule has 8 nitrogen and oxygen atoms in total. The van der Waals surface area contributed by atoms with Crippen LogP contribution >= 0.6 is 0 Å². The van der Waals surface area contributed by atoms with E-state index in [0.717, 1.165) is 6.07 Å². The molecule has 126 valence electrons. The topological polar surface area (TPSA) is 117 Å². The number of anilines is 2. The lowest BCUT2D eigenvalue weighted by atomic mass is 10.1. The van der Waals surface area contributed by atoms with Gasteiger partial charge in [0.2, 0.25) is 0 Å². The highest BCUT2D eigenvalue weighted by atomic mass is 16.4. The fraction of sp³-hybridized carbons (Fsp3) is 0.0588. The molecule has 0 saturated carbocycles. The minimum Gasteiger partial charge on any atom is -0.478 e. The zero-order valence-corrected chi connectivity index (χ0v) is 13.2. The maximum atomic E-state index is 11.5. The summed E-state index contributed by atoms with van der Waals surface area (Å²) in [5.41, 5.74) is 0.727. The number of nitrogens with one attached hydrogen (secondary N) is 1. The van der Waals surface area contributed by atoms with Crippen molar-refractivity contribution in [2.75, 3.05) is 5.32 Å². The van der Waals surface area contributed by atoms with Crippen LogP contribution in [0.4, 0.5) is 11.5 Å². The molecule has 1 aromatic carbocycles. The fourth-order valence-electron chi connectivity index (χ4n) is 2.34. The molecule has 0 spiro atoms. The Labute approximate surface area is 142 Å². The van der Waals surface area contributed by atoms with Crippen LogP contribution in [-0.4, -0.2) is 36.9 Å². The molecule has 3 rings (SSSR count). The molecule has 0 atom stereocenters. The summed E-state index contributed by atoms with van der Waals surface area (Å²) < 4.78 is 1.55. The van der Waals surface area contributed by atoms with E-state index in [2.05, 4.69) is 15.4 Å². The van der Waals surface area contributed by atoms with Crippen molar-refractivity contribution < 1.29 is 19.8 Å². The number of carbonyl (C=O) groups is 2. The summed E-state index contributed by atoms with van der Waals surface area (Å²) in [6.07, 6.45) is 1.63. The summed E-state index contributed by atoms with van der Waals surface area (Å²) in [5, 5.41) is 25.7. The maximum absolute atomic E-state index is 11.5. The van der Waals surface area contributed by atoms with E-state index >= 15 is 0 Å². The molecule has 0 saturated heterocycles. The van der Waals surface area contributed by atoms with E-state index in [1.165, 1.54) is 12.1 Å².